The Kier molecular flexibility index (Phi) is 7.02. The number of anilines is 1. The number of piperazine rings is 1. The van der Waals surface area contributed by atoms with Crippen LogP contribution in [0.25, 0.3) is 11.3 Å². The van der Waals surface area contributed by atoms with Crippen molar-refractivity contribution in [1.29, 1.82) is 0 Å². The summed E-state index contributed by atoms with van der Waals surface area (Å²) in [6.45, 7) is 5.62. The standard InChI is InChI=1S/C27H31N5O3S/c1-21-7-3-4-8-24(21)25-13-14-26(29-28-25)30-17-19-31(20-18-30)27(33)22-9-11-23(12-10-22)36(34,35)32-15-5-2-6-16-32/h3-4,7-14H,2,5-6,15-20H2,1H3. The first kappa shape index (κ1) is 24.4. The number of carbonyl (C=O) groups is 1. The summed E-state index contributed by atoms with van der Waals surface area (Å²) in [4.78, 5) is 17.2. The lowest BCUT2D eigenvalue weighted by Crippen LogP contribution is -2.49. The fourth-order valence-electron chi connectivity index (χ4n) is 4.84. The van der Waals surface area contributed by atoms with Crippen molar-refractivity contribution >= 4 is 21.7 Å². The highest BCUT2D eigenvalue weighted by molar-refractivity contribution is 7.89. The third-order valence-electron chi connectivity index (χ3n) is 7.02. The van der Waals surface area contributed by atoms with Crippen LogP contribution in [0.2, 0.25) is 0 Å². The van der Waals surface area contributed by atoms with Crippen molar-refractivity contribution < 1.29 is 13.2 Å². The van der Waals surface area contributed by atoms with Crippen molar-refractivity contribution in [3.63, 3.8) is 0 Å². The number of piperidine rings is 1. The average molecular weight is 506 g/mol. The highest BCUT2D eigenvalue weighted by atomic mass is 32.2. The van der Waals surface area contributed by atoms with Gasteiger partial charge >= 0.3 is 0 Å². The lowest BCUT2D eigenvalue weighted by molar-refractivity contribution is 0.0746. The summed E-state index contributed by atoms with van der Waals surface area (Å²) in [7, 11) is -3.50. The van der Waals surface area contributed by atoms with E-state index in [0.29, 0.717) is 44.8 Å². The van der Waals surface area contributed by atoms with E-state index in [-0.39, 0.29) is 10.8 Å². The second-order valence-electron chi connectivity index (χ2n) is 9.36. The lowest BCUT2D eigenvalue weighted by Gasteiger charge is -2.35. The van der Waals surface area contributed by atoms with Crippen molar-refractivity contribution in [2.24, 2.45) is 0 Å². The molecule has 0 radical (unpaired) electrons. The molecular weight excluding hydrogens is 474 g/mol. The molecule has 9 heteroatoms. The Morgan fingerprint density at radius 2 is 1.47 bits per heavy atom. The molecule has 0 saturated carbocycles. The predicted molar refractivity (Wildman–Crippen MR) is 139 cm³/mol. The monoisotopic (exact) mass is 505 g/mol. The molecule has 0 aliphatic carbocycles. The number of amides is 1. The van der Waals surface area contributed by atoms with E-state index in [0.717, 1.165) is 41.9 Å². The van der Waals surface area contributed by atoms with Gasteiger partial charge in [0.05, 0.1) is 10.6 Å². The van der Waals surface area contributed by atoms with E-state index in [1.165, 1.54) is 0 Å². The second kappa shape index (κ2) is 10.4. The second-order valence-corrected chi connectivity index (χ2v) is 11.3. The molecule has 2 aromatic carbocycles. The van der Waals surface area contributed by atoms with E-state index in [1.54, 1.807) is 33.5 Å². The van der Waals surface area contributed by atoms with Crippen LogP contribution in [-0.2, 0) is 10.0 Å². The minimum atomic E-state index is -3.50. The van der Waals surface area contributed by atoms with Gasteiger partial charge in [-0.25, -0.2) is 8.42 Å². The van der Waals surface area contributed by atoms with Crippen LogP contribution < -0.4 is 4.90 Å². The van der Waals surface area contributed by atoms with Crippen molar-refractivity contribution in [3.05, 3.63) is 71.8 Å². The topological polar surface area (TPSA) is 86.7 Å². The molecule has 0 N–H and O–H groups in total. The minimum Gasteiger partial charge on any atom is -0.352 e. The van der Waals surface area contributed by atoms with Gasteiger partial charge in [0.25, 0.3) is 5.91 Å². The van der Waals surface area contributed by atoms with Gasteiger partial charge in [-0.05, 0) is 61.7 Å². The summed E-state index contributed by atoms with van der Waals surface area (Å²) in [5.74, 6) is 0.712. The molecule has 0 bridgehead atoms. The zero-order valence-corrected chi connectivity index (χ0v) is 21.3. The molecule has 1 amide bonds. The van der Waals surface area contributed by atoms with Crippen molar-refractivity contribution in [2.45, 2.75) is 31.1 Å². The van der Waals surface area contributed by atoms with E-state index in [2.05, 4.69) is 28.1 Å². The number of benzene rings is 2. The highest BCUT2D eigenvalue weighted by Gasteiger charge is 2.27. The Morgan fingerprint density at radius 3 is 2.11 bits per heavy atom. The quantitative estimate of drug-likeness (QED) is 0.527. The van der Waals surface area contributed by atoms with Gasteiger partial charge in [-0.15, -0.1) is 10.2 Å². The summed E-state index contributed by atoms with van der Waals surface area (Å²) in [6, 6.07) is 18.4. The molecule has 0 atom stereocenters. The van der Waals surface area contributed by atoms with Gasteiger partial charge in [0, 0.05) is 50.4 Å². The van der Waals surface area contributed by atoms with E-state index >= 15 is 0 Å². The number of rotatable bonds is 5. The van der Waals surface area contributed by atoms with Gasteiger partial charge in [0.15, 0.2) is 5.82 Å². The Labute approximate surface area is 212 Å². The molecule has 0 unspecified atom stereocenters. The maximum absolute atomic E-state index is 13.1. The Balaban J connectivity index is 1.20. The first-order valence-electron chi connectivity index (χ1n) is 12.5. The molecule has 0 spiro atoms. The molecule has 2 aliphatic rings. The predicted octanol–water partition coefficient (Wildman–Crippen LogP) is 3.59. The van der Waals surface area contributed by atoms with E-state index in [1.807, 2.05) is 30.3 Å². The van der Waals surface area contributed by atoms with Crippen LogP contribution in [0.15, 0.2) is 65.6 Å². The van der Waals surface area contributed by atoms with Crippen LogP contribution in [0.1, 0.15) is 35.2 Å². The van der Waals surface area contributed by atoms with Gasteiger partial charge in [-0.3, -0.25) is 4.79 Å². The number of hydrogen-bond donors (Lipinski definition) is 0. The average Bonchev–Trinajstić information content (AvgIpc) is 2.94. The maximum Gasteiger partial charge on any atom is 0.253 e. The third kappa shape index (κ3) is 4.99. The number of carbonyl (C=O) groups excluding carboxylic acids is 1. The Morgan fingerprint density at radius 1 is 0.778 bits per heavy atom. The van der Waals surface area contributed by atoms with Crippen molar-refractivity contribution in [1.82, 2.24) is 19.4 Å². The number of sulfonamides is 1. The van der Waals surface area contributed by atoms with Crippen molar-refractivity contribution in [3.8, 4) is 11.3 Å². The van der Waals surface area contributed by atoms with Gasteiger partial charge in [0.1, 0.15) is 0 Å². The van der Waals surface area contributed by atoms with Gasteiger partial charge in [0.2, 0.25) is 10.0 Å². The van der Waals surface area contributed by atoms with Gasteiger partial charge in [-0.2, -0.15) is 4.31 Å². The maximum atomic E-state index is 13.1. The number of aryl methyl sites for hydroxylation is 1. The normalized spacial score (nSPS) is 17.2. The van der Waals surface area contributed by atoms with Crippen LogP contribution in [0.3, 0.4) is 0 Å². The zero-order valence-electron chi connectivity index (χ0n) is 20.5. The first-order valence-corrected chi connectivity index (χ1v) is 13.9. The number of aromatic nitrogens is 2. The molecule has 2 aliphatic heterocycles. The summed E-state index contributed by atoms with van der Waals surface area (Å²) in [5.41, 5.74) is 3.57. The largest absolute Gasteiger partial charge is 0.352 e. The third-order valence-corrected chi connectivity index (χ3v) is 8.93. The Hall–Kier alpha value is -3.30. The molecular formula is C27H31N5O3S. The molecule has 1 aromatic heterocycles. The number of hydrogen-bond acceptors (Lipinski definition) is 6. The van der Waals surface area contributed by atoms with Gasteiger partial charge in [-0.1, -0.05) is 30.7 Å². The molecule has 3 aromatic rings. The van der Waals surface area contributed by atoms with Crippen LogP contribution in [0.5, 0.6) is 0 Å². The molecule has 36 heavy (non-hydrogen) atoms. The summed E-state index contributed by atoms with van der Waals surface area (Å²) in [5, 5.41) is 8.85. The van der Waals surface area contributed by atoms with Crippen LogP contribution in [-0.4, -0.2) is 73.0 Å². The summed E-state index contributed by atoms with van der Waals surface area (Å²) in [6.07, 6.45) is 2.85. The molecule has 2 fully saturated rings. The fraction of sp³-hybridized carbons (Fsp3) is 0.370. The van der Waals surface area contributed by atoms with Crippen LogP contribution in [0.4, 0.5) is 5.82 Å². The summed E-state index contributed by atoms with van der Waals surface area (Å²) >= 11 is 0. The highest BCUT2D eigenvalue weighted by Crippen LogP contribution is 2.24. The molecule has 8 nitrogen and oxygen atoms in total. The van der Waals surface area contributed by atoms with Gasteiger partial charge < -0.3 is 9.80 Å². The van der Waals surface area contributed by atoms with E-state index < -0.39 is 10.0 Å². The molecule has 188 valence electrons. The zero-order chi connectivity index (χ0) is 25.1. The molecule has 3 heterocycles. The van der Waals surface area contributed by atoms with Crippen LogP contribution in [0, 0.1) is 6.92 Å². The van der Waals surface area contributed by atoms with Crippen molar-refractivity contribution in [2.75, 3.05) is 44.2 Å². The Bertz CT molecular complexity index is 1310. The van der Waals surface area contributed by atoms with E-state index in [4.69, 9.17) is 0 Å². The molecule has 5 rings (SSSR count). The fourth-order valence-corrected chi connectivity index (χ4v) is 6.36. The summed E-state index contributed by atoms with van der Waals surface area (Å²) < 4.78 is 27.3. The first-order chi connectivity index (χ1) is 17.4. The lowest BCUT2D eigenvalue weighted by atomic mass is 10.1. The smallest absolute Gasteiger partial charge is 0.253 e. The number of nitrogens with zero attached hydrogens (tertiary/aromatic N) is 5. The SMILES string of the molecule is Cc1ccccc1-c1ccc(N2CCN(C(=O)c3ccc(S(=O)(=O)N4CCCCC4)cc3)CC2)nn1. The van der Waals surface area contributed by atoms with E-state index in [9.17, 15) is 13.2 Å². The van der Waals surface area contributed by atoms with Crippen LogP contribution >= 0.6 is 0 Å². The molecule has 2 saturated heterocycles. The minimum absolute atomic E-state index is 0.0856.